The maximum Gasteiger partial charge on any atom is 0.426 e. The van der Waals surface area contributed by atoms with Crippen molar-refractivity contribution in [3.63, 3.8) is 0 Å². The number of carbonyl (C=O) groups excluding carboxylic acids is 3. The summed E-state index contributed by atoms with van der Waals surface area (Å²) < 4.78 is 53.5. The van der Waals surface area contributed by atoms with E-state index in [2.05, 4.69) is 4.98 Å². The van der Waals surface area contributed by atoms with E-state index >= 15 is 0 Å². The summed E-state index contributed by atoms with van der Waals surface area (Å²) in [6.45, 7) is 13.3. The number of halogens is 3. The normalized spacial score (nSPS) is 18.5. The number of alkyl halides is 3. The van der Waals surface area contributed by atoms with Gasteiger partial charge in [0.1, 0.15) is 16.8 Å². The van der Waals surface area contributed by atoms with Crippen molar-refractivity contribution >= 4 is 29.1 Å². The average molecular weight is 673 g/mol. The maximum absolute atomic E-state index is 13.6. The lowest BCUT2D eigenvalue weighted by Gasteiger charge is -2.37. The van der Waals surface area contributed by atoms with Gasteiger partial charge < -0.3 is 24.4 Å². The molecule has 10 nitrogen and oxygen atoms in total. The van der Waals surface area contributed by atoms with E-state index in [9.17, 15) is 32.7 Å². The van der Waals surface area contributed by atoms with Crippen LogP contribution in [0.1, 0.15) is 89.6 Å². The molecule has 2 unspecified atom stereocenters. The van der Waals surface area contributed by atoms with Gasteiger partial charge in [-0.25, -0.2) is 19.1 Å². The molecule has 1 saturated heterocycles. The van der Waals surface area contributed by atoms with Crippen LogP contribution in [0.4, 0.5) is 22.8 Å². The van der Waals surface area contributed by atoms with E-state index < -0.39 is 41.1 Å². The van der Waals surface area contributed by atoms with Gasteiger partial charge in [0.15, 0.2) is 0 Å². The van der Waals surface area contributed by atoms with E-state index in [1.807, 2.05) is 25.1 Å². The standard InChI is InChI=1S/C35H43F3N4O6/c1-20-18-42(31(45)48-33(5,6)7)28-25(20)16-22(17-39-28)21-14-23-19-40(29(43)34(8,46)35(36,37)38)13-11-24(23)26(15-21)27-10-9-12-41(27)30(44)47-32(2,3)4/h14-18,27,46H,9-13,19H2,1-8H3. The first-order valence-electron chi connectivity index (χ1n) is 16.0. The number of hydrogen-bond donors (Lipinski definition) is 1. The van der Waals surface area contributed by atoms with E-state index in [1.165, 1.54) is 4.57 Å². The molecule has 0 bridgehead atoms. The Bertz CT molecular complexity index is 1770. The number of fused-ring (bicyclic) bond motifs is 2. The zero-order valence-corrected chi connectivity index (χ0v) is 28.6. The van der Waals surface area contributed by atoms with Crippen LogP contribution in [-0.2, 0) is 27.2 Å². The van der Waals surface area contributed by atoms with Gasteiger partial charge in [-0.15, -0.1) is 0 Å². The van der Waals surface area contributed by atoms with Gasteiger partial charge in [-0.2, -0.15) is 13.2 Å². The smallest absolute Gasteiger partial charge is 0.426 e. The number of ether oxygens (including phenoxy) is 2. The molecule has 2 atom stereocenters. The third kappa shape index (κ3) is 6.87. The first-order valence-corrected chi connectivity index (χ1v) is 16.0. The zero-order valence-electron chi connectivity index (χ0n) is 28.6. The monoisotopic (exact) mass is 672 g/mol. The minimum atomic E-state index is -5.15. The second-order valence-electron chi connectivity index (χ2n) is 14.8. The lowest BCUT2D eigenvalue weighted by atomic mass is 9.86. The maximum atomic E-state index is 13.6. The summed E-state index contributed by atoms with van der Waals surface area (Å²) in [6.07, 6.45) is -1.31. The van der Waals surface area contributed by atoms with Crippen molar-refractivity contribution in [1.82, 2.24) is 19.4 Å². The van der Waals surface area contributed by atoms with E-state index in [4.69, 9.17) is 9.47 Å². The van der Waals surface area contributed by atoms with Gasteiger partial charge in [-0.1, -0.05) is 0 Å². The Morgan fingerprint density at radius 1 is 0.917 bits per heavy atom. The van der Waals surface area contributed by atoms with Crippen LogP contribution in [-0.4, -0.2) is 78.6 Å². The first-order chi connectivity index (χ1) is 22.1. The van der Waals surface area contributed by atoms with Crippen LogP contribution < -0.4 is 0 Å². The van der Waals surface area contributed by atoms with Crippen LogP contribution in [0.3, 0.4) is 0 Å². The molecule has 2 aliphatic heterocycles. The number of aromatic nitrogens is 2. The predicted octanol–water partition coefficient (Wildman–Crippen LogP) is 7.06. The third-order valence-electron chi connectivity index (χ3n) is 8.63. The number of benzene rings is 1. The molecule has 1 N–H and O–H groups in total. The van der Waals surface area contributed by atoms with Gasteiger partial charge in [-0.05, 0) is 121 Å². The summed E-state index contributed by atoms with van der Waals surface area (Å²) >= 11 is 0. The summed E-state index contributed by atoms with van der Waals surface area (Å²) in [7, 11) is 0. The van der Waals surface area contributed by atoms with E-state index in [0.29, 0.717) is 47.6 Å². The molecule has 5 rings (SSSR count). The number of likely N-dealkylation sites (tertiary alicyclic amines) is 1. The molecule has 1 fully saturated rings. The van der Waals surface area contributed by atoms with Crippen molar-refractivity contribution in [3.8, 4) is 11.1 Å². The summed E-state index contributed by atoms with van der Waals surface area (Å²) in [5, 5.41) is 10.9. The van der Waals surface area contributed by atoms with Crippen molar-refractivity contribution in [2.75, 3.05) is 13.1 Å². The molecule has 2 amide bonds. The number of carbonyl (C=O) groups is 3. The van der Waals surface area contributed by atoms with Gasteiger partial charge in [0.2, 0.25) is 5.60 Å². The van der Waals surface area contributed by atoms with Crippen molar-refractivity contribution < 1.29 is 42.1 Å². The van der Waals surface area contributed by atoms with E-state index in [-0.39, 0.29) is 25.6 Å². The SMILES string of the molecule is Cc1cn(C(=O)OC(C)(C)C)c2ncc(-c3cc4c(c(C5CCCN5C(=O)OC(C)(C)C)c3)CCN(C(=O)C(C)(O)C(F)(F)F)C4)cc12. The topological polar surface area (TPSA) is 114 Å². The van der Waals surface area contributed by atoms with Crippen molar-refractivity contribution in [3.05, 3.63) is 52.8 Å². The minimum Gasteiger partial charge on any atom is -0.444 e. The summed E-state index contributed by atoms with van der Waals surface area (Å²) in [4.78, 5) is 46.6. The lowest BCUT2D eigenvalue weighted by Crippen LogP contribution is -2.56. The van der Waals surface area contributed by atoms with Gasteiger partial charge in [0.25, 0.3) is 5.91 Å². The van der Waals surface area contributed by atoms with Crippen LogP contribution in [0.15, 0.2) is 30.6 Å². The highest BCUT2D eigenvalue weighted by atomic mass is 19.4. The molecule has 0 radical (unpaired) electrons. The number of pyridine rings is 1. The molecule has 260 valence electrons. The van der Waals surface area contributed by atoms with Crippen LogP contribution in [0.2, 0.25) is 0 Å². The fourth-order valence-corrected chi connectivity index (χ4v) is 6.30. The molecular formula is C35H43F3N4O6. The molecule has 3 aromatic rings. The second kappa shape index (κ2) is 12.1. The summed E-state index contributed by atoms with van der Waals surface area (Å²) in [5.74, 6) is -1.42. The number of amides is 2. The largest absolute Gasteiger partial charge is 0.444 e. The van der Waals surface area contributed by atoms with E-state index in [1.54, 1.807) is 58.8 Å². The number of aliphatic hydroxyl groups is 1. The fourth-order valence-electron chi connectivity index (χ4n) is 6.30. The van der Waals surface area contributed by atoms with Gasteiger partial charge >= 0.3 is 18.4 Å². The Kier molecular flexibility index (Phi) is 8.86. The van der Waals surface area contributed by atoms with Crippen LogP contribution >= 0.6 is 0 Å². The number of hydrogen-bond acceptors (Lipinski definition) is 7. The minimum absolute atomic E-state index is 0.0333. The van der Waals surface area contributed by atoms with E-state index in [0.717, 1.165) is 28.0 Å². The highest BCUT2D eigenvalue weighted by Crippen LogP contribution is 2.41. The van der Waals surface area contributed by atoms with Crippen molar-refractivity contribution in [2.24, 2.45) is 0 Å². The van der Waals surface area contributed by atoms with Crippen molar-refractivity contribution in [1.29, 1.82) is 0 Å². The predicted molar refractivity (Wildman–Crippen MR) is 172 cm³/mol. The summed E-state index contributed by atoms with van der Waals surface area (Å²) in [6, 6.07) is 5.31. The molecule has 4 heterocycles. The lowest BCUT2D eigenvalue weighted by molar-refractivity contribution is -0.250. The highest BCUT2D eigenvalue weighted by molar-refractivity contribution is 5.92. The molecule has 0 aliphatic carbocycles. The Balaban J connectivity index is 1.60. The Morgan fingerprint density at radius 3 is 2.19 bits per heavy atom. The molecule has 0 saturated carbocycles. The highest BCUT2D eigenvalue weighted by Gasteiger charge is 2.57. The molecule has 2 aromatic heterocycles. The van der Waals surface area contributed by atoms with Crippen molar-refractivity contribution in [2.45, 2.75) is 110 Å². The summed E-state index contributed by atoms with van der Waals surface area (Å²) in [5.41, 5.74) is -0.159. The van der Waals surface area contributed by atoms with Gasteiger partial charge in [0, 0.05) is 43.0 Å². The third-order valence-corrected chi connectivity index (χ3v) is 8.63. The van der Waals surface area contributed by atoms with Crippen LogP contribution in [0.5, 0.6) is 0 Å². The first kappa shape index (κ1) is 35.2. The number of nitrogens with zero attached hydrogens (tertiary/aromatic N) is 4. The fraction of sp³-hybridized carbons (Fsp3) is 0.543. The molecule has 13 heteroatoms. The van der Waals surface area contributed by atoms with Crippen LogP contribution in [0.25, 0.3) is 22.2 Å². The molecular weight excluding hydrogens is 629 g/mol. The quantitative estimate of drug-likeness (QED) is 0.317. The van der Waals surface area contributed by atoms with Gasteiger partial charge in [-0.3, -0.25) is 4.79 Å². The zero-order chi connectivity index (χ0) is 35.6. The Hall–Kier alpha value is -4.13. The Labute approximate surface area is 277 Å². The second-order valence-corrected chi connectivity index (χ2v) is 14.8. The van der Waals surface area contributed by atoms with Crippen LogP contribution in [0, 0.1) is 6.92 Å². The molecule has 0 spiro atoms. The molecule has 48 heavy (non-hydrogen) atoms. The number of rotatable bonds is 3. The van der Waals surface area contributed by atoms with Gasteiger partial charge in [0.05, 0.1) is 6.04 Å². The molecule has 2 aliphatic rings. The Morgan fingerprint density at radius 2 is 1.56 bits per heavy atom. The number of aryl methyl sites for hydroxylation is 1. The molecule has 1 aromatic carbocycles. The average Bonchev–Trinajstić information content (AvgIpc) is 3.58.